The van der Waals surface area contributed by atoms with Crippen molar-refractivity contribution in [2.45, 2.75) is 12.1 Å². The maximum Gasteiger partial charge on any atom is 0.323 e. The minimum atomic E-state index is -3.22. The van der Waals surface area contributed by atoms with Gasteiger partial charge in [-0.05, 0) is 22.4 Å². The lowest BCUT2D eigenvalue weighted by Gasteiger charge is -2.28. The number of carbonyl (C=O) groups excluding carboxylic acids is 1. The topological polar surface area (TPSA) is 72.5 Å². The Morgan fingerprint density at radius 2 is 2.29 bits per heavy atom. The van der Waals surface area contributed by atoms with Crippen molar-refractivity contribution < 1.29 is 17.9 Å². The third-order valence-electron chi connectivity index (χ3n) is 2.67. The van der Waals surface area contributed by atoms with E-state index in [1.54, 1.807) is 0 Å². The van der Waals surface area contributed by atoms with E-state index in [4.69, 9.17) is 0 Å². The van der Waals surface area contributed by atoms with Gasteiger partial charge in [0.25, 0.3) is 0 Å². The van der Waals surface area contributed by atoms with E-state index in [9.17, 15) is 13.2 Å². The number of rotatable bonds is 2. The Morgan fingerprint density at radius 3 is 2.88 bits per heavy atom. The van der Waals surface area contributed by atoms with Gasteiger partial charge in [-0.1, -0.05) is 0 Å². The van der Waals surface area contributed by atoms with Gasteiger partial charge in [-0.3, -0.25) is 10.1 Å². The highest BCUT2D eigenvalue weighted by molar-refractivity contribution is 7.91. The zero-order valence-electron chi connectivity index (χ0n) is 9.25. The van der Waals surface area contributed by atoms with Gasteiger partial charge in [0.05, 0.1) is 18.6 Å². The van der Waals surface area contributed by atoms with Crippen LogP contribution in [-0.4, -0.2) is 39.0 Å². The van der Waals surface area contributed by atoms with Gasteiger partial charge in [-0.15, -0.1) is 0 Å². The number of esters is 1. The molecule has 2 unspecified atom stereocenters. The Labute approximate surface area is 104 Å². The fraction of sp³-hybridized carbons (Fsp3) is 0.500. The van der Waals surface area contributed by atoms with Crippen LogP contribution in [0.3, 0.4) is 0 Å². The Hall–Kier alpha value is -0.920. The molecule has 0 aromatic carbocycles. The summed E-state index contributed by atoms with van der Waals surface area (Å²) in [6.45, 7) is 0. The first kappa shape index (κ1) is 12.5. The highest BCUT2D eigenvalue weighted by Gasteiger charge is 2.36. The number of hydrogen-bond donors (Lipinski definition) is 1. The first-order valence-corrected chi connectivity index (χ1v) is 7.84. The standard InChI is InChI=1S/C10H13NO4S2/c1-15-10(12)9-6-17(13,14)5-8(11-9)7-2-3-16-4-7/h2-4,8-9,11H,5-6H2,1H3. The van der Waals surface area contributed by atoms with Crippen molar-refractivity contribution in [2.75, 3.05) is 18.6 Å². The molecular weight excluding hydrogens is 262 g/mol. The van der Waals surface area contributed by atoms with Crippen LogP contribution < -0.4 is 5.32 Å². The zero-order valence-corrected chi connectivity index (χ0v) is 10.9. The number of ether oxygens (including phenoxy) is 1. The second-order valence-corrected chi connectivity index (χ2v) is 6.86. The van der Waals surface area contributed by atoms with Crippen LogP contribution in [0.4, 0.5) is 0 Å². The molecule has 0 bridgehead atoms. The average Bonchev–Trinajstić information content (AvgIpc) is 2.79. The minimum absolute atomic E-state index is 0.0250. The predicted molar refractivity (Wildman–Crippen MR) is 64.7 cm³/mol. The first-order valence-electron chi connectivity index (χ1n) is 5.08. The molecule has 94 valence electrons. The van der Waals surface area contributed by atoms with Gasteiger partial charge in [0.1, 0.15) is 6.04 Å². The molecule has 0 amide bonds. The van der Waals surface area contributed by atoms with Crippen molar-refractivity contribution in [3.8, 4) is 0 Å². The van der Waals surface area contributed by atoms with Crippen LogP contribution in [0.2, 0.25) is 0 Å². The largest absolute Gasteiger partial charge is 0.468 e. The van der Waals surface area contributed by atoms with Crippen LogP contribution >= 0.6 is 11.3 Å². The third kappa shape index (κ3) is 2.85. The number of methoxy groups -OCH3 is 1. The van der Waals surface area contributed by atoms with Crippen molar-refractivity contribution in [1.29, 1.82) is 0 Å². The molecule has 1 saturated heterocycles. The van der Waals surface area contributed by atoms with Gasteiger partial charge >= 0.3 is 5.97 Å². The molecule has 7 heteroatoms. The molecule has 1 N–H and O–H groups in total. The summed E-state index contributed by atoms with van der Waals surface area (Å²) in [7, 11) is -1.97. The second kappa shape index (κ2) is 4.75. The Kier molecular flexibility index (Phi) is 3.50. The molecule has 0 aliphatic carbocycles. The number of carbonyl (C=O) groups is 1. The molecule has 2 heterocycles. The number of nitrogens with one attached hydrogen (secondary N) is 1. The van der Waals surface area contributed by atoms with E-state index in [1.807, 2.05) is 16.8 Å². The summed E-state index contributed by atoms with van der Waals surface area (Å²) in [4.78, 5) is 11.4. The van der Waals surface area contributed by atoms with E-state index < -0.39 is 21.8 Å². The van der Waals surface area contributed by atoms with Gasteiger partial charge in [-0.2, -0.15) is 11.3 Å². The van der Waals surface area contributed by atoms with Gasteiger partial charge in [0, 0.05) is 6.04 Å². The van der Waals surface area contributed by atoms with E-state index in [-0.39, 0.29) is 17.5 Å². The molecule has 1 aromatic heterocycles. The molecule has 1 aliphatic rings. The fourth-order valence-electron chi connectivity index (χ4n) is 1.86. The van der Waals surface area contributed by atoms with Crippen LogP contribution in [0.25, 0.3) is 0 Å². The highest BCUT2D eigenvalue weighted by Crippen LogP contribution is 2.23. The molecule has 0 radical (unpaired) electrons. The van der Waals surface area contributed by atoms with E-state index >= 15 is 0 Å². The van der Waals surface area contributed by atoms with Crippen LogP contribution in [0.1, 0.15) is 11.6 Å². The third-order valence-corrected chi connectivity index (χ3v) is 5.06. The maximum absolute atomic E-state index is 11.7. The molecule has 1 fully saturated rings. The first-order chi connectivity index (χ1) is 8.02. The lowest BCUT2D eigenvalue weighted by molar-refractivity contribution is -0.142. The number of sulfone groups is 1. The summed E-state index contributed by atoms with van der Waals surface area (Å²) in [6.07, 6.45) is 0. The number of hydrogen-bond acceptors (Lipinski definition) is 6. The van der Waals surface area contributed by atoms with E-state index in [2.05, 4.69) is 10.1 Å². The van der Waals surface area contributed by atoms with E-state index in [1.165, 1.54) is 18.4 Å². The maximum atomic E-state index is 11.7. The summed E-state index contributed by atoms with van der Waals surface area (Å²) < 4.78 is 28.1. The van der Waals surface area contributed by atoms with Crippen molar-refractivity contribution in [2.24, 2.45) is 0 Å². The quantitative estimate of drug-likeness (QED) is 0.788. The summed E-state index contributed by atoms with van der Waals surface area (Å²) in [6, 6.07) is 0.755. The molecule has 17 heavy (non-hydrogen) atoms. The lowest BCUT2D eigenvalue weighted by Crippen LogP contribution is -2.51. The van der Waals surface area contributed by atoms with Gasteiger partial charge in [-0.25, -0.2) is 8.42 Å². The summed E-state index contributed by atoms with van der Waals surface area (Å²) in [5, 5.41) is 6.78. The SMILES string of the molecule is COC(=O)C1CS(=O)(=O)CC(c2ccsc2)N1. The molecule has 1 aromatic rings. The van der Waals surface area contributed by atoms with Crippen LogP contribution in [0.15, 0.2) is 16.8 Å². The summed E-state index contributed by atoms with van der Waals surface area (Å²) in [5.41, 5.74) is 0.896. The van der Waals surface area contributed by atoms with E-state index in [0.29, 0.717) is 0 Å². The van der Waals surface area contributed by atoms with Crippen LogP contribution in [0, 0.1) is 0 Å². The van der Waals surface area contributed by atoms with Gasteiger partial charge in [0.2, 0.25) is 0 Å². The Morgan fingerprint density at radius 1 is 1.53 bits per heavy atom. The van der Waals surface area contributed by atoms with Crippen LogP contribution in [0.5, 0.6) is 0 Å². The zero-order chi connectivity index (χ0) is 12.5. The molecule has 2 atom stereocenters. The monoisotopic (exact) mass is 275 g/mol. The molecule has 0 spiro atoms. The molecular formula is C10H13NO4S2. The molecule has 0 saturated carbocycles. The summed E-state index contributed by atoms with van der Waals surface area (Å²) >= 11 is 1.50. The van der Waals surface area contributed by atoms with Gasteiger partial charge in [0.15, 0.2) is 9.84 Å². The van der Waals surface area contributed by atoms with Crippen molar-refractivity contribution in [3.05, 3.63) is 22.4 Å². The highest BCUT2D eigenvalue weighted by atomic mass is 32.2. The average molecular weight is 275 g/mol. The molecule has 1 aliphatic heterocycles. The smallest absolute Gasteiger partial charge is 0.323 e. The minimum Gasteiger partial charge on any atom is -0.468 e. The predicted octanol–water partition coefficient (Wildman–Crippen LogP) is 0.349. The fourth-order valence-corrected chi connectivity index (χ4v) is 4.25. The lowest BCUT2D eigenvalue weighted by atomic mass is 10.1. The van der Waals surface area contributed by atoms with E-state index in [0.717, 1.165) is 5.56 Å². The second-order valence-electron chi connectivity index (χ2n) is 3.93. The number of thiophene rings is 1. The van der Waals surface area contributed by atoms with Gasteiger partial charge < -0.3 is 4.74 Å². The van der Waals surface area contributed by atoms with Crippen molar-refractivity contribution in [3.63, 3.8) is 0 Å². The van der Waals surface area contributed by atoms with Crippen molar-refractivity contribution in [1.82, 2.24) is 5.32 Å². The Balaban J connectivity index is 2.22. The Bertz CT molecular complexity index is 494. The summed E-state index contributed by atoms with van der Waals surface area (Å²) in [5.74, 6) is -0.703. The van der Waals surface area contributed by atoms with Crippen molar-refractivity contribution >= 4 is 27.1 Å². The molecule has 2 rings (SSSR count). The normalized spacial score (nSPS) is 27.6. The van der Waals surface area contributed by atoms with Crippen LogP contribution in [-0.2, 0) is 19.4 Å². The molecule has 5 nitrogen and oxygen atoms in total.